The Morgan fingerprint density at radius 1 is 1.14 bits per heavy atom. The third-order valence-corrected chi connectivity index (χ3v) is 6.55. The van der Waals surface area contributed by atoms with E-state index in [2.05, 4.69) is 45.1 Å². The summed E-state index contributed by atoms with van der Waals surface area (Å²) in [7, 11) is 0. The van der Waals surface area contributed by atoms with Crippen LogP contribution < -0.4 is 4.90 Å². The average molecular weight is 398 g/mol. The van der Waals surface area contributed by atoms with Gasteiger partial charge in [-0.15, -0.1) is 0 Å². The van der Waals surface area contributed by atoms with Crippen molar-refractivity contribution in [2.24, 2.45) is 5.92 Å². The first-order valence-electron chi connectivity index (χ1n) is 10.1. The first kappa shape index (κ1) is 19.3. The molecule has 28 heavy (non-hydrogen) atoms. The van der Waals surface area contributed by atoms with E-state index in [0.717, 1.165) is 51.3 Å². The Morgan fingerprint density at radius 2 is 1.93 bits per heavy atom. The third kappa shape index (κ3) is 4.18. The van der Waals surface area contributed by atoms with Crippen LogP contribution in [0.2, 0.25) is 0 Å². The molecular formula is C22H27N3O2S. The molecular weight excluding hydrogens is 370 g/mol. The highest BCUT2D eigenvalue weighted by atomic mass is 32.2. The van der Waals surface area contributed by atoms with Crippen LogP contribution in [0.4, 0.5) is 11.5 Å². The molecule has 0 amide bonds. The van der Waals surface area contributed by atoms with Gasteiger partial charge in [0.15, 0.2) is 0 Å². The monoisotopic (exact) mass is 397 g/mol. The summed E-state index contributed by atoms with van der Waals surface area (Å²) in [6.07, 6.45) is 4.76. The van der Waals surface area contributed by atoms with E-state index in [0.29, 0.717) is 6.61 Å². The SMILES string of the molecule is CCOC(=O)C1CCN(CCCN2c3ccccc3Sc3cccnc32)CC1. The van der Waals surface area contributed by atoms with Crippen LogP contribution in [0, 0.1) is 5.92 Å². The molecule has 0 radical (unpaired) electrons. The summed E-state index contributed by atoms with van der Waals surface area (Å²) in [5.74, 6) is 1.12. The Bertz CT molecular complexity index is 775. The maximum Gasteiger partial charge on any atom is 0.309 e. The molecule has 1 fully saturated rings. The summed E-state index contributed by atoms with van der Waals surface area (Å²) >= 11 is 1.80. The number of hydrogen-bond acceptors (Lipinski definition) is 6. The van der Waals surface area contributed by atoms with Gasteiger partial charge in [0.2, 0.25) is 0 Å². The van der Waals surface area contributed by atoms with Crippen LogP contribution in [0.1, 0.15) is 26.2 Å². The van der Waals surface area contributed by atoms with Gasteiger partial charge >= 0.3 is 5.97 Å². The number of benzene rings is 1. The lowest BCUT2D eigenvalue weighted by atomic mass is 9.97. The summed E-state index contributed by atoms with van der Waals surface area (Å²) in [4.78, 5) is 23.9. The van der Waals surface area contributed by atoms with Gasteiger partial charge in [-0.25, -0.2) is 4.98 Å². The van der Waals surface area contributed by atoms with Crippen LogP contribution in [0.3, 0.4) is 0 Å². The molecule has 0 saturated carbocycles. The smallest absolute Gasteiger partial charge is 0.309 e. The largest absolute Gasteiger partial charge is 0.466 e. The van der Waals surface area contributed by atoms with Crippen LogP contribution in [-0.4, -0.2) is 48.6 Å². The van der Waals surface area contributed by atoms with Gasteiger partial charge in [0.05, 0.1) is 23.1 Å². The number of aromatic nitrogens is 1. The number of hydrogen-bond donors (Lipinski definition) is 0. The van der Waals surface area contributed by atoms with E-state index in [-0.39, 0.29) is 11.9 Å². The summed E-state index contributed by atoms with van der Waals surface area (Å²) in [6.45, 7) is 6.29. The van der Waals surface area contributed by atoms with Gasteiger partial charge in [0, 0.05) is 17.6 Å². The predicted molar refractivity (Wildman–Crippen MR) is 112 cm³/mol. The number of fused-ring (bicyclic) bond motifs is 2. The molecule has 4 rings (SSSR count). The minimum atomic E-state index is -0.0211. The number of anilines is 2. The summed E-state index contributed by atoms with van der Waals surface area (Å²) in [5, 5.41) is 0. The highest BCUT2D eigenvalue weighted by Crippen LogP contribution is 2.46. The number of nitrogens with zero attached hydrogens (tertiary/aromatic N) is 3. The highest BCUT2D eigenvalue weighted by Gasteiger charge is 2.27. The Labute approximate surface area is 171 Å². The number of carbonyl (C=O) groups is 1. The molecule has 0 aliphatic carbocycles. The zero-order valence-corrected chi connectivity index (χ0v) is 17.2. The summed E-state index contributed by atoms with van der Waals surface area (Å²) < 4.78 is 5.17. The molecule has 0 atom stereocenters. The fourth-order valence-corrected chi connectivity index (χ4v) is 5.06. The number of ether oxygens (including phenoxy) is 1. The van der Waals surface area contributed by atoms with Crippen molar-refractivity contribution in [2.75, 3.05) is 37.7 Å². The fraction of sp³-hybridized carbons (Fsp3) is 0.455. The number of carbonyl (C=O) groups excluding carboxylic acids is 1. The molecule has 0 N–H and O–H groups in total. The van der Waals surface area contributed by atoms with E-state index in [9.17, 15) is 4.79 Å². The lowest BCUT2D eigenvalue weighted by Crippen LogP contribution is -2.38. The Balaban J connectivity index is 1.34. The van der Waals surface area contributed by atoms with E-state index in [1.54, 1.807) is 11.8 Å². The predicted octanol–water partition coefficient (Wildman–Crippen LogP) is 4.35. The lowest BCUT2D eigenvalue weighted by molar-refractivity contribution is -0.149. The molecule has 0 spiro atoms. The van der Waals surface area contributed by atoms with E-state index in [1.807, 2.05) is 19.2 Å². The maximum absolute atomic E-state index is 11.9. The van der Waals surface area contributed by atoms with Crippen molar-refractivity contribution in [3.05, 3.63) is 42.6 Å². The molecule has 2 aliphatic rings. The molecule has 1 aromatic heterocycles. The van der Waals surface area contributed by atoms with Crippen molar-refractivity contribution in [1.82, 2.24) is 9.88 Å². The zero-order chi connectivity index (χ0) is 19.3. The molecule has 5 nitrogen and oxygen atoms in total. The second-order valence-electron chi connectivity index (χ2n) is 7.27. The van der Waals surface area contributed by atoms with Crippen molar-refractivity contribution in [2.45, 2.75) is 36.0 Å². The molecule has 148 valence electrons. The van der Waals surface area contributed by atoms with Gasteiger partial charge in [-0.05, 0) is 70.1 Å². The summed E-state index contributed by atoms with van der Waals surface area (Å²) in [6, 6.07) is 12.7. The Morgan fingerprint density at radius 3 is 2.75 bits per heavy atom. The van der Waals surface area contributed by atoms with Gasteiger partial charge in [0.1, 0.15) is 5.82 Å². The standard InChI is InChI=1S/C22H27N3O2S/c1-2-27-22(26)17-10-15-24(16-11-17)13-6-14-25-18-7-3-4-8-19(18)28-20-9-5-12-23-21(20)25/h3-5,7-9,12,17H,2,6,10-11,13-16H2,1H3. The van der Waals surface area contributed by atoms with Crippen molar-refractivity contribution in [3.8, 4) is 0 Å². The number of rotatable bonds is 6. The normalized spacial score (nSPS) is 17.1. The average Bonchev–Trinajstić information content (AvgIpc) is 2.74. The molecule has 1 saturated heterocycles. The van der Waals surface area contributed by atoms with Crippen molar-refractivity contribution in [3.63, 3.8) is 0 Å². The molecule has 3 heterocycles. The van der Waals surface area contributed by atoms with Crippen LogP contribution in [0.15, 0.2) is 52.4 Å². The number of piperidine rings is 1. The third-order valence-electron chi connectivity index (χ3n) is 5.45. The van der Waals surface area contributed by atoms with Crippen LogP contribution in [-0.2, 0) is 9.53 Å². The lowest BCUT2D eigenvalue weighted by Gasteiger charge is -2.33. The van der Waals surface area contributed by atoms with E-state index in [1.165, 1.54) is 15.5 Å². The van der Waals surface area contributed by atoms with Gasteiger partial charge in [-0.3, -0.25) is 4.79 Å². The minimum Gasteiger partial charge on any atom is -0.466 e. The Kier molecular flexibility index (Phi) is 6.17. The van der Waals surface area contributed by atoms with Crippen molar-refractivity contribution >= 4 is 29.2 Å². The molecule has 2 aromatic rings. The molecule has 1 aromatic carbocycles. The van der Waals surface area contributed by atoms with Crippen molar-refractivity contribution < 1.29 is 9.53 Å². The van der Waals surface area contributed by atoms with Crippen molar-refractivity contribution in [1.29, 1.82) is 0 Å². The van der Waals surface area contributed by atoms with Crippen LogP contribution in [0.25, 0.3) is 0 Å². The molecule has 0 bridgehead atoms. The van der Waals surface area contributed by atoms with E-state index < -0.39 is 0 Å². The number of pyridine rings is 1. The van der Waals surface area contributed by atoms with Gasteiger partial charge in [-0.1, -0.05) is 23.9 Å². The molecule has 6 heteroatoms. The molecule has 2 aliphatic heterocycles. The maximum atomic E-state index is 11.9. The van der Waals surface area contributed by atoms with Gasteiger partial charge < -0.3 is 14.5 Å². The van der Waals surface area contributed by atoms with E-state index in [4.69, 9.17) is 4.74 Å². The second-order valence-corrected chi connectivity index (χ2v) is 8.35. The highest BCUT2D eigenvalue weighted by molar-refractivity contribution is 7.99. The first-order valence-corrected chi connectivity index (χ1v) is 11.0. The topological polar surface area (TPSA) is 45.7 Å². The second kappa shape index (κ2) is 8.97. The molecule has 0 unspecified atom stereocenters. The number of likely N-dealkylation sites (tertiary alicyclic amines) is 1. The quantitative estimate of drug-likeness (QED) is 0.676. The summed E-state index contributed by atoms with van der Waals surface area (Å²) in [5.41, 5.74) is 1.25. The van der Waals surface area contributed by atoms with Crippen LogP contribution in [0.5, 0.6) is 0 Å². The van der Waals surface area contributed by atoms with Gasteiger partial charge in [0.25, 0.3) is 0 Å². The zero-order valence-electron chi connectivity index (χ0n) is 16.3. The first-order chi connectivity index (χ1) is 13.8. The number of esters is 1. The number of para-hydroxylation sites is 1. The minimum absolute atomic E-state index is 0.0211. The van der Waals surface area contributed by atoms with Gasteiger partial charge in [-0.2, -0.15) is 0 Å². The fourth-order valence-electron chi connectivity index (χ4n) is 3.99. The van der Waals surface area contributed by atoms with Crippen LogP contribution >= 0.6 is 11.8 Å². The van der Waals surface area contributed by atoms with E-state index >= 15 is 0 Å². The Hall–Kier alpha value is -2.05.